The Morgan fingerprint density at radius 2 is 1.85 bits per heavy atom. The largest absolute Gasteiger partial charge is 0.393 e. The maximum Gasteiger partial charge on any atom is 0.393 e. The van der Waals surface area contributed by atoms with Gasteiger partial charge in [-0.25, -0.2) is 4.83 Å². The predicted octanol–water partition coefficient (Wildman–Crippen LogP) is 1.92. The summed E-state index contributed by atoms with van der Waals surface area (Å²) in [5, 5.41) is 3.54. The molecule has 1 aromatic carbocycles. The van der Waals surface area contributed by atoms with Crippen molar-refractivity contribution in [1.82, 2.24) is 9.89 Å². The SMILES string of the molecule is O=S(=O)(Nn1cc(CC(F)(F)F)cn1)c1ccccc1. The summed E-state index contributed by atoms with van der Waals surface area (Å²) in [6.45, 7) is 0. The van der Waals surface area contributed by atoms with Gasteiger partial charge in [-0.3, -0.25) is 0 Å². The highest BCUT2D eigenvalue weighted by Gasteiger charge is 2.28. The molecule has 1 aromatic heterocycles. The molecule has 0 aliphatic rings. The molecule has 0 amide bonds. The predicted molar refractivity (Wildman–Crippen MR) is 65.0 cm³/mol. The van der Waals surface area contributed by atoms with Crippen molar-refractivity contribution >= 4 is 10.0 Å². The van der Waals surface area contributed by atoms with Gasteiger partial charge in [0.1, 0.15) is 0 Å². The minimum atomic E-state index is -4.37. The molecule has 0 saturated heterocycles. The van der Waals surface area contributed by atoms with Gasteiger partial charge in [-0.2, -0.15) is 31.5 Å². The second-order valence-corrected chi connectivity index (χ2v) is 5.65. The second kappa shape index (κ2) is 5.16. The van der Waals surface area contributed by atoms with Crippen molar-refractivity contribution in [2.24, 2.45) is 0 Å². The quantitative estimate of drug-likeness (QED) is 0.938. The van der Waals surface area contributed by atoms with Crippen molar-refractivity contribution < 1.29 is 21.6 Å². The van der Waals surface area contributed by atoms with E-state index in [1.165, 1.54) is 24.3 Å². The Bertz CT molecular complexity index is 680. The van der Waals surface area contributed by atoms with Crippen LogP contribution >= 0.6 is 0 Å². The lowest BCUT2D eigenvalue weighted by Crippen LogP contribution is -2.23. The van der Waals surface area contributed by atoms with E-state index in [0.29, 0.717) is 0 Å². The van der Waals surface area contributed by atoms with Crippen LogP contribution in [0.1, 0.15) is 5.56 Å². The number of rotatable bonds is 4. The number of benzene rings is 1. The van der Waals surface area contributed by atoms with Crippen LogP contribution in [0.4, 0.5) is 13.2 Å². The molecule has 2 rings (SSSR count). The summed E-state index contributed by atoms with van der Waals surface area (Å²) >= 11 is 0. The number of nitrogens with one attached hydrogen (secondary N) is 1. The first-order chi connectivity index (χ1) is 9.26. The standard InChI is InChI=1S/C11H10F3N3O2S/c12-11(13,14)6-9-7-15-17(8-9)16-20(18,19)10-4-2-1-3-5-10/h1-5,7-8,16H,6H2. The summed E-state index contributed by atoms with van der Waals surface area (Å²) in [5.74, 6) is 0. The van der Waals surface area contributed by atoms with E-state index in [4.69, 9.17) is 0 Å². The number of aromatic nitrogens is 2. The van der Waals surface area contributed by atoms with Crippen molar-refractivity contribution in [3.05, 3.63) is 48.3 Å². The summed E-state index contributed by atoms with van der Waals surface area (Å²) in [6, 6.07) is 7.44. The fourth-order valence-electron chi connectivity index (χ4n) is 1.51. The van der Waals surface area contributed by atoms with E-state index >= 15 is 0 Å². The zero-order valence-corrected chi connectivity index (χ0v) is 10.8. The fourth-order valence-corrected chi connectivity index (χ4v) is 2.48. The van der Waals surface area contributed by atoms with Crippen LogP contribution in [0.25, 0.3) is 0 Å². The fraction of sp³-hybridized carbons (Fsp3) is 0.182. The summed E-state index contributed by atoms with van der Waals surface area (Å²) in [5.41, 5.74) is -0.131. The maximum absolute atomic E-state index is 12.2. The molecule has 108 valence electrons. The molecule has 20 heavy (non-hydrogen) atoms. The molecule has 0 bridgehead atoms. The average Bonchev–Trinajstić information content (AvgIpc) is 2.74. The number of nitrogens with zero attached hydrogens (tertiary/aromatic N) is 2. The summed E-state index contributed by atoms with van der Waals surface area (Å²) in [4.78, 5) is 2.78. The topological polar surface area (TPSA) is 64.0 Å². The lowest BCUT2D eigenvalue weighted by atomic mass is 10.2. The maximum atomic E-state index is 12.2. The van der Waals surface area contributed by atoms with Gasteiger partial charge in [0.2, 0.25) is 0 Å². The van der Waals surface area contributed by atoms with Gasteiger partial charge in [0, 0.05) is 5.56 Å². The van der Waals surface area contributed by atoms with E-state index in [1.807, 2.05) is 0 Å². The van der Waals surface area contributed by atoms with Gasteiger partial charge in [-0.05, 0) is 12.1 Å². The van der Waals surface area contributed by atoms with Crippen LogP contribution in [0.2, 0.25) is 0 Å². The molecular formula is C11H10F3N3O2S. The third-order valence-corrected chi connectivity index (χ3v) is 3.63. The molecule has 5 nitrogen and oxygen atoms in total. The molecule has 0 fully saturated rings. The number of sulfonamides is 1. The van der Waals surface area contributed by atoms with Crippen molar-refractivity contribution in [2.75, 3.05) is 4.83 Å². The third-order valence-electron chi connectivity index (χ3n) is 2.31. The normalized spacial score (nSPS) is 12.3. The number of alkyl halides is 3. The monoisotopic (exact) mass is 305 g/mol. The highest BCUT2D eigenvalue weighted by atomic mass is 32.2. The third kappa shape index (κ3) is 3.73. The molecular weight excluding hydrogens is 295 g/mol. The molecule has 0 spiro atoms. The highest BCUT2D eigenvalue weighted by Crippen LogP contribution is 2.20. The van der Waals surface area contributed by atoms with Gasteiger partial charge in [-0.1, -0.05) is 18.2 Å². The molecule has 1 heterocycles. The van der Waals surface area contributed by atoms with Gasteiger partial charge < -0.3 is 0 Å². The average molecular weight is 305 g/mol. The van der Waals surface area contributed by atoms with Crippen molar-refractivity contribution in [2.45, 2.75) is 17.5 Å². The molecule has 0 aliphatic heterocycles. The van der Waals surface area contributed by atoms with E-state index in [9.17, 15) is 21.6 Å². The van der Waals surface area contributed by atoms with Crippen LogP contribution in [-0.4, -0.2) is 24.5 Å². The van der Waals surface area contributed by atoms with Crippen LogP contribution in [0, 0.1) is 0 Å². The van der Waals surface area contributed by atoms with E-state index in [-0.39, 0.29) is 10.5 Å². The van der Waals surface area contributed by atoms with Crippen molar-refractivity contribution in [3.8, 4) is 0 Å². The molecule has 0 saturated carbocycles. The zero-order valence-electron chi connectivity index (χ0n) is 10.0. The summed E-state index contributed by atoms with van der Waals surface area (Å²) in [6.07, 6.45) is -3.60. The van der Waals surface area contributed by atoms with Crippen LogP contribution in [-0.2, 0) is 16.4 Å². The van der Waals surface area contributed by atoms with Gasteiger partial charge in [0.05, 0.1) is 23.7 Å². The van der Waals surface area contributed by atoms with Crippen LogP contribution < -0.4 is 4.83 Å². The molecule has 0 unspecified atom stereocenters. The van der Waals surface area contributed by atoms with E-state index in [0.717, 1.165) is 17.2 Å². The van der Waals surface area contributed by atoms with Crippen molar-refractivity contribution in [3.63, 3.8) is 0 Å². The van der Waals surface area contributed by atoms with Crippen LogP contribution in [0.5, 0.6) is 0 Å². The Balaban J connectivity index is 2.15. The molecule has 1 N–H and O–H groups in total. The molecule has 0 atom stereocenters. The van der Waals surface area contributed by atoms with Crippen molar-refractivity contribution in [1.29, 1.82) is 0 Å². The number of hydrogen-bond donors (Lipinski definition) is 1. The van der Waals surface area contributed by atoms with Gasteiger partial charge in [0.15, 0.2) is 0 Å². The minimum Gasteiger partial charge on any atom is -0.200 e. The number of halogens is 3. The van der Waals surface area contributed by atoms with Gasteiger partial charge >= 0.3 is 6.18 Å². The minimum absolute atomic E-state index is 0.00660. The van der Waals surface area contributed by atoms with E-state index < -0.39 is 22.6 Å². The first-order valence-electron chi connectivity index (χ1n) is 5.44. The number of hydrogen-bond acceptors (Lipinski definition) is 3. The van der Waals surface area contributed by atoms with Gasteiger partial charge in [-0.15, -0.1) is 0 Å². The zero-order chi connectivity index (χ0) is 14.8. The van der Waals surface area contributed by atoms with Crippen LogP contribution in [0.3, 0.4) is 0 Å². The highest BCUT2D eigenvalue weighted by molar-refractivity contribution is 7.92. The Hall–Kier alpha value is -2.03. The van der Waals surface area contributed by atoms with E-state index in [2.05, 4.69) is 9.93 Å². The first-order valence-corrected chi connectivity index (χ1v) is 6.93. The molecule has 2 aromatic rings. The lowest BCUT2D eigenvalue weighted by molar-refractivity contribution is -0.127. The Kier molecular flexibility index (Phi) is 3.71. The lowest BCUT2D eigenvalue weighted by Gasteiger charge is -2.07. The Morgan fingerprint density at radius 1 is 1.20 bits per heavy atom. The van der Waals surface area contributed by atoms with Crippen LogP contribution in [0.15, 0.2) is 47.6 Å². The second-order valence-electron chi connectivity index (χ2n) is 3.99. The molecule has 9 heteroatoms. The first kappa shape index (κ1) is 14.4. The Labute approximate surface area is 113 Å². The summed E-state index contributed by atoms with van der Waals surface area (Å²) in [7, 11) is -3.87. The smallest absolute Gasteiger partial charge is 0.200 e. The Morgan fingerprint density at radius 3 is 2.45 bits per heavy atom. The molecule has 0 aliphatic carbocycles. The molecule has 0 radical (unpaired) electrons. The summed E-state index contributed by atoms with van der Waals surface area (Å²) < 4.78 is 60.3. The van der Waals surface area contributed by atoms with E-state index in [1.54, 1.807) is 6.07 Å². The van der Waals surface area contributed by atoms with Gasteiger partial charge in [0.25, 0.3) is 10.0 Å².